The number of rotatable bonds is 8. The summed E-state index contributed by atoms with van der Waals surface area (Å²) in [4.78, 5) is 26.3. The molecular formula is C22H24F2N2O7S. The van der Waals surface area contributed by atoms with Crippen molar-refractivity contribution in [1.29, 1.82) is 0 Å². The Kier molecular flexibility index (Phi) is 8.05. The molecule has 0 aromatic heterocycles. The van der Waals surface area contributed by atoms with Gasteiger partial charge in [0, 0.05) is 26.2 Å². The van der Waals surface area contributed by atoms with Crippen molar-refractivity contribution in [1.82, 2.24) is 9.21 Å². The summed E-state index contributed by atoms with van der Waals surface area (Å²) < 4.78 is 66.0. The standard InChI is InChI=1S/C22H24F2N2O7S/c1-15-3-6-17(7-4-15)34(29,30)26-11-9-25(10-12-26)20(27)14-32-21(28)16-5-8-18(33-22(23)24)19(13-16)31-2/h3-8,13,22H,9-12,14H2,1-2H3. The van der Waals surface area contributed by atoms with Crippen LogP contribution in [0.4, 0.5) is 8.78 Å². The molecule has 1 amide bonds. The molecule has 0 atom stereocenters. The van der Waals surface area contributed by atoms with Crippen LogP contribution in [0, 0.1) is 6.92 Å². The van der Waals surface area contributed by atoms with Gasteiger partial charge in [-0.15, -0.1) is 0 Å². The van der Waals surface area contributed by atoms with Crippen molar-refractivity contribution in [3.05, 3.63) is 53.6 Å². The maximum Gasteiger partial charge on any atom is 0.387 e. The van der Waals surface area contributed by atoms with Crippen molar-refractivity contribution in [3.63, 3.8) is 0 Å². The van der Waals surface area contributed by atoms with Crippen LogP contribution in [0.1, 0.15) is 15.9 Å². The van der Waals surface area contributed by atoms with E-state index in [9.17, 15) is 26.8 Å². The van der Waals surface area contributed by atoms with Crippen molar-refractivity contribution in [2.24, 2.45) is 0 Å². The third kappa shape index (κ3) is 6.00. The van der Waals surface area contributed by atoms with Gasteiger partial charge in [0.25, 0.3) is 5.91 Å². The number of methoxy groups -OCH3 is 1. The topological polar surface area (TPSA) is 102 Å². The van der Waals surface area contributed by atoms with E-state index in [4.69, 9.17) is 9.47 Å². The Morgan fingerprint density at radius 2 is 1.65 bits per heavy atom. The van der Waals surface area contributed by atoms with Gasteiger partial charge in [-0.05, 0) is 37.3 Å². The number of aryl methyl sites for hydroxylation is 1. The average Bonchev–Trinajstić information content (AvgIpc) is 2.82. The van der Waals surface area contributed by atoms with E-state index in [0.29, 0.717) is 0 Å². The summed E-state index contributed by atoms with van der Waals surface area (Å²) in [6.45, 7) is -1.24. The minimum absolute atomic E-state index is 0.0136. The molecule has 12 heteroatoms. The minimum Gasteiger partial charge on any atom is -0.493 e. The number of ether oxygens (including phenoxy) is 3. The number of piperazine rings is 1. The van der Waals surface area contributed by atoms with Gasteiger partial charge in [-0.1, -0.05) is 17.7 Å². The van der Waals surface area contributed by atoms with Crippen LogP contribution in [0.15, 0.2) is 47.4 Å². The van der Waals surface area contributed by atoms with Gasteiger partial charge in [0.1, 0.15) is 0 Å². The third-order valence-electron chi connectivity index (χ3n) is 5.19. The summed E-state index contributed by atoms with van der Waals surface area (Å²) in [7, 11) is -2.44. The number of sulfonamides is 1. The van der Waals surface area contributed by atoms with Crippen LogP contribution in [0.25, 0.3) is 0 Å². The number of carbonyl (C=O) groups excluding carboxylic acids is 2. The normalized spacial score (nSPS) is 14.7. The molecule has 0 unspecified atom stereocenters. The van der Waals surface area contributed by atoms with Gasteiger partial charge < -0.3 is 19.1 Å². The lowest BCUT2D eigenvalue weighted by molar-refractivity contribution is -0.135. The summed E-state index contributed by atoms with van der Waals surface area (Å²) >= 11 is 0. The highest BCUT2D eigenvalue weighted by molar-refractivity contribution is 7.89. The molecule has 3 rings (SSSR count). The first kappa shape index (κ1) is 25.4. The molecule has 2 aromatic carbocycles. The van der Waals surface area contributed by atoms with Crippen LogP contribution in [-0.4, -0.2) is 76.0 Å². The van der Waals surface area contributed by atoms with Gasteiger partial charge in [0.05, 0.1) is 17.6 Å². The number of amides is 1. The van der Waals surface area contributed by atoms with Crippen molar-refractivity contribution < 1.29 is 41.0 Å². The Hall–Kier alpha value is -3.25. The molecule has 1 aliphatic rings. The van der Waals surface area contributed by atoms with Gasteiger partial charge in [-0.25, -0.2) is 13.2 Å². The van der Waals surface area contributed by atoms with Gasteiger partial charge in [0.15, 0.2) is 18.1 Å². The number of hydrogen-bond donors (Lipinski definition) is 0. The highest BCUT2D eigenvalue weighted by Gasteiger charge is 2.30. The smallest absolute Gasteiger partial charge is 0.387 e. The van der Waals surface area contributed by atoms with E-state index in [2.05, 4.69) is 4.74 Å². The van der Waals surface area contributed by atoms with Gasteiger partial charge in [-0.2, -0.15) is 13.1 Å². The first-order chi connectivity index (χ1) is 16.1. The Morgan fingerprint density at radius 3 is 2.24 bits per heavy atom. The fraction of sp³-hybridized carbons (Fsp3) is 0.364. The van der Waals surface area contributed by atoms with Gasteiger partial charge >= 0.3 is 12.6 Å². The fourth-order valence-corrected chi connectivity index (χ4v) is 4.75. The number of esters is 1. The number of carbonyl (C=O) groups is 2. The van der Waals surface area contributed by atoms with Crippen LogP contribution in [0.3, 0.4) is 0 Å². The molecule has 184 valence electrons. The van der Waals surface area contributed by atoms with Crippen molar-refractivity contribution in [3.8, 4) is 11.5 Å². The summed E-state index contributed by atoms with van der Waals surface area (Å²) in [5, 5.41) is 0. The summed E-state index contributed by atoms with van der Waals surface area (Å²) in [5.74, 6) is -1.67. The summed E-state index contributed by atoms with van der Waals surface area (Å²) in [5.41, 5.74) is 0.931. The molecule has 1 fully saturated rings. The van der Waals surface area contributed by atoms with Crippen LogP contribution < -0.4 is 9.47 Å². The SMILES string of the molecule is COc1cc(C(=O)OCC(=O)N2CCN(S(=O)(=O)c3ccc(C)cc3)CC2)ccc1OC(F)F. The molecular weight excluding hydrogens is 474 g/mol. The minimum atomic E-state index is -3.67. The van der Waals surface area contributed by atoms with Crippen LogP contribution in [0.5, 0.6) is 11.5 Å². The average molecular weight is 499 g/mol. The van der Waals surface area contributed by atoms with E-state index in [1.54, 1.807) is 24.3 Å². The van der Waals surface area contributed by atoms with Gasteiger partial charge in [0.2, 0.25) is 10.0 Å². The molecule has 2 aromatic rings. The number of alkyl halides is 2. The Bertz CT molecular complexity index is 1130. The first-order valence-corrected chi connectivity index (χ1v) is 11.7. The predicted octanol–water partition coefficient (Wildman–Crippen LogP) is 2.29. The number of halogens is 2. The quantitative estimate of drug-likeness (QED) is 0.515. The molecule has 9 nitrogen and oxygen atoms in total. The molecule has 0 bridgehead atoms. The number of hydrogen-bond acceptors (Lipinski definition) is 7. The molecule has 1 heterocycles. The van der Waals surface area contributed by atoms with Crippen LogP contribution in [0.2, 0.25) is 0 Å². The molecule has 34 heavy (non-hydrogen) atoms. The first-order valence-electron chi connectivity index (χ1n) is 10.3. The van der Waals surface area contributed by atoms with E-state index in [1.165, 1.54) is 28.4 Å². The second-order valence-electron chi connectivity index (χ2n) is 7.42. The lowest BCUT2D eigenvalue weighted by Crippen LogP contribution is -2.51. The highest BCUT2D eigenvalue weighted by atomic mass is 32.2. The monoisotopic (exact) mass is 498 g/mol. The predicted molar refractivity (Wildman–Crippen MR) is 116 cm³/mol. The summed E-state index contributed by atoms with van der Waals surface area (Å²) in [6.07, 6.45) is 0. The molecule has 0 radical (unpaired) electrons. The van der Waals surface area contributed by atoms with Crippen LogP contribution in [-0.2, 0) is 19.6 Å². The van der Waals surface area contributed by atoms with E-state index < -0.39 is 35.1 Å². The van der Waals surface area contributed by atoms with E-state index in [1.807, 2.05) is 6.92 Å². The second-order valence-corrected chi connectivity index (χ2v) is 9.36. The van der Waals surface area contributed by atoms with Crippen LogP contribution >= 0.6 is 0 Å². The molecule has 0 N–H and O–H groups in total. The molecule has 0 spiro atoms. The Labute approximate surface area is 195 Å². The lowest BCUT2D eigenvalue weighted by atomic mass is 10.2. The van der Waals surface area contributed by atoms with Crippen molar-refractivity contribution in [2.75, 3.05) is 39.9 Å². The number of benzene rings is 2. The second kappa shape index (κ2) is 10.8. The van der Waals surface area contributed by atoms with E-state index in [0.717, 1.165) is 11.6 Å². The third-order valence-corrected chi connectivity index (χ3v) is 7.11. The van der Waals surface area contributed by atoms with Crippen molar-refractivity contribution >= 4 is 21.9 Å². The molecule has 0 aliphatic carbocycles. The maximum absolute atomic E-state index is 12.8. The zero-order chi connectivity index (χ0) is 24.9. The number of nitrogens with zero attached hydrogens (tertiary/aromatic N) is 2. The Morgan fingerprint density at radius 1 is 1.00 bits per heavy atom. The van der Waals surface area contributed by atoms with E-state index in [-0.39, 0.29) is 48.1 Å². The zero-order valence-corrected chi connectivity index (χ0v) is 19.4. The maximum atomic E-state index is 12.8. The molecule has 1 saturated heterocycles. The van der Waals surface area contributed by atoms with Crippen molar-refractivity contribution in [2.45, 2.75) is 18.4 Å². The fourth-order valence-electron chi connectivity index (χ4n) is 3.33. The zero-order valence-electron chi connectivity index (χ0n) is 18.6. The highest BCUT2D eigenvalue weighted by Crippen LogP contribution is 2.29. The largest absolute Gasteiger partial charge is 0.493 e. The van der Waals surface area contributed by atoms with Gasteiger partial charge in [-0.3, -0.25) is 4.79 Å². The molecule has 0 saturated carbocycles. The Balaban J connectivity index is 1.53. The summed E-state index contributed by atoms with van der Waals surface area (Å²) in [6, 6.07) is 10.0. The lowest BCUT2D eigenvalue weighted by Gasteiger charge is -2.33. The molecule has 1 aliphatic heterocycles. The van der Waals surface area contributed by atoms with E-state index >= 15 is 0 Å².